The first-order valence-electron chi connectivity index (χ1n) is 6.67. The Morgan fingerprint density at radius 1 is 1.26 bits per heavy atom. The third-order valence-corrected chi connectivity index (χ3v) is 2.96. The van der Waals surface area contributed by atoms with Gasteiger partial charge in [-0.3, -0.25) is 4.79 Å². The summed E-state index contributed by atoms with van der Waals surface area (Å²) in [7, 11) is 1.78. The Labute approximate surface area is 114 Å². The number of rotatable bonds is 6. The third-order valence-electron chi connectivity index (χ3n) is 2.96. The summed E-state index contributed by atoms with van der Waals surface area (Å²) < 4.78 is 0. The average Bonchev–Trinajstić information content (AvgIpc) is 2.39. The predicted molar refractivity (Wildman–Crippen MR) is 77.6 cm³/mol. The normalized spacial score (nSPS) is 10.1. The Hall–Kier alpha value is -1.84. The van der Waals surface area contributed by atoms with Gasteiger partial charge in [0.05, 0.1) is 0 Å². The average molecular weight is 262 g/mol. The lowest BCUT2D eigenvalue weighted by molar-refractivity contribution is 0.101. The lowest BCUT2D eigenvalue weighted by Gasteiger charge is -2.18. The molecule has 0 bridgehead atoms. The maximum atomic E-state index is 11.9. The van der Waals surface area contributed by atoms with Crippen LogP contribution >= 0.6 is 0 Å². The Morgan fingerprint density at radius 2 is 2.00 bits per heavy atom. The predicted octanol–water partition coefficient (Wildman–Crippen LogP) is 3.54. The van der Waals surface area contributed by atoms with Gasteiger partial charge in [-0.1, -0.05) is 31.9 Å². The van der Waals surface area contributed by atoms with Crippen molar-refractivity contribution in [2.24, 2.45) is 0 Å². The van der Waals surface area contributed by atoms with Gasteiger partial charge >= 0.3 is 6.03 Å². The topological polar surface area (TPSA) is 49.4 Å². The Bertz CT molecular complexity index is 444. The molecule has 0 fully saturated rings. The molecule has 0 aromatic heterocycles. The zero-order valence-electron chi connectivity index (χ0n) is 11.9. The van der Waals surface area contributed by atoms with Crippen LogP contribution in [0.4, 0.5) is 10.5 Å². The second-order valence-electron chi connectivity index (χ2n) is 4.70. The fraction of sp³-hybridized carbons (Fsp3) is 0.467. The maximum absolute atomic E-state index is 11.9. The number of hydrogen-bond donors (Lipinski definition) is 1. The molecule has 0 saturated heterocycles. The number of Topliss-reactive ketones (excluding diaryl/α,β-unsaturated/α-hetero) is 1. The van der Waals surface area contributed by atoms with Crippen molar-refractivity contribution in [1.82, 2.24) is 4.90 Å². The Balaban J connectivity index is 2.56. The molecular formula is C15H22N2O2. The van der Waals surface area contributed by atoms with Crippen LogP contribution in [-0.4, -0.2) is 30.3 Å². The molecule has 0 heterocycles. The molecule has 0 radical (unpaired) electrons. The highest BCUT2D eigenvalue weighted by molar-refractivity contribution is 5.96. The van der Waals surface area contributed by atoms with E-state index in [-0.39, 0.29) is 11.8 Å². The number of amides is 2. The Morgan fingerprint density at radius 3 is 2.63 bits per heavy atom. The summed E-state index contributed by atoms with van der Waals surface area (Å²) >= 11 is 0. The monoisotopic (exact) mass is 262 g/mol. The van der Waals surface area contributed by atoms with Gasteiger partial charge in [0.15, 0.2) is 5.78 Å². The zero-order chi connectivity index (χ0) is 14.3. The molecule has 0 aliphatic carbocycles. The molecule has 1 aromatic rings. The Kier molecular flexibility index (Phi) is 6.06. The molecule has 1 rings (SSSR count). The van der Waals surface area contributed by atoms with Crippen molar-refractivity contribution in [3.8, 4) is 0 Å². The van der Waals surface area contributed by atoms with E-state index in [0.29, 0.717) is 11.3 Å². The summed E-state index contributed by atoms with van der Waals surface area (Å²) in [6, 6.07) is 6.84. The van der Waals surface area contributed by atoms with Crippen molar-refractivity contribution < 1.29 is 9.59 Å². The standard InChI is InChI=1S/C15H22N2O2/c1-4-5-6-10-17(3)15(19)16-14-9-7-8-13(11-14)12(2)18/h7-9,11H,4-6,10H2,1-3H3,(H,16,19). The quantitative estimate of drug-likeness (QED) is 0.629. The molecule has 104 valence electrons. The van der Waals surface area contributed by atoms with Crippen LogP contribution < -0.4 is 5.32 Å². The smallest absolute Gasteiger partial charge is 0.321 e. The van der Waals surface area contributed by atoms with Crippen LogP contribution in [0.1, 0.15) is 43.5 Å². The highest BCUT2D eigenvalue weighted by atomic mass is 16.2. The number of unbranched alkanes of at least 4 members (excludes halogenated alkanes) is 2. The number of anilines is 1. The molecule has 0 atom stereocenters. The van der Waals surface area contributed by atoms with Gasteiger partial charge in [-0.25, -0.2) is 4.79 Å². The van der Waals surface area contributed by atoms with Crippen LogP contribution in [0.3, 0.4) is 0 Å². The summed E-state index contributed by atoms with van der Waals surface area (Å²) in [5.74, 6) is -0.00704. The van der Waals surface area contributed by atoms with Gasteiger partial charge < -0.3 is 10.2 Å². The van der Waals surface area contributed by atoms with Crippen LogP contribution in [0.2, 0.25) is 0 Å². The number of nitrogens with one attached hydrogen (secondary N) is 1. The first kappa shape index (κ1) is 15.2. The van der Waals surface area contributed by atoms with Gasteiger partial charge in [0.25, 0.3) is 0 Å². The minimum absolute atomic E-state index is 0.00704. The van der Waals surface area contributed by atoms with Crippen molar-refractivity contribution in [3.63, 3.8) is 0 Å². The molecule has 19 heavy (non-hydrogen) atoms. The fourth-order valence-corrected chi connectivity index (χ4v) is 1.74. The third kappa shape index (κ3) is 5.12. The van der Waals surface area contributed by atoms with E-state index in [1.54, 1.807) is 36.2 Å². The van der Waals surface area contributed by atoms with Crippen molar-refractivity contribution in [2.75, 3.05) is 18.9 Å². The van der Waals surface area contributed by atoms with Gasteiger partial charge in [-0.2, -0.15) is 0 Å². The molecule has 1 N–H and O–H groups in total. The first-order chi connectivity index (χ1) is 9.04. The summed E-state index contributed by atoms with van der Waals surface area (Å²) in [6.07, 6.45) is 3.27. The van der Waals surface area contributed by atoms with E-state index >= 15 is 0 Å². The SMILES string of the molecule is CCCCCN(C)C(=O)Nc1cccc(C(C)=O)c1. The van der Waals surface area contributed by atoms with Crippen LogP contribution in [0.15, 0.2) is 24.3 Å². The zero-order valence-corrected chi connectivity index (χ0v) is 11.9. The first-order valence-corrected chi connectivity index (χ1v) is 6.67. The largest absolute Gasteiger partial charge is 0.328 e. The number of carbonyl (C=O) groups excluding carboxylic acids is 2. The fourth-order valence-electron chi connectivity index (χ4n) is 1.74. The minimum atomic E-state index is -0.142. The molecule has 0 saturated carbocycles. The molecule has 0 aliphatic rings. The van der Waals surface area contributed by atoms with Crippen molar-refractivity contribution in [2.45, 2.75) is 33.1 Å². The number of urea groups is 1. The van der Waals surface area contributed by atoms with Crippen LogP contribution in [0.5, 0.6) is 0 Å². The highest BCUT2D eigenvalue weighted by Crippen LogP contribution is 2.12. The lowest BCUT2D eigenvalue weighted by atomic mass is 10.1. The summed E-state index contributed by atoms with van der Waals surface area (Å²) in [6.45, 7) is 4.39. The van der Waals surface area contributed by atoms with Crippen molar-refractivity contribution in [3.05, 3.63) is 29.8 Å². The molecule has 2 amide bonds. The molecule has 0 unspecified atom stereocenters. The van der Waals surface area contributed by atoms with Crippen LogP contribution in [0.25, 0.3) is 0 Å². The van der Waals surface area contributed by atoms with Crippen LogP contribution in [0, 0.1) is 0 Å². The van der Waals surface area contributed by atoms with Gasteiger partial charge in [0.1, 0.15) is 0 Å². The molecule has 0 spiro atoms. The minimum Gasteiger partial charge on any atom is -0.328 e. The number of hydrogen-bond acceptors (Lipinski definition) is 2. The maximum Gasteiger partial charge on any atom is 0.321 e. The lowest BCUT2D eigenvalue weighted by Crippen LogP contribution is -2.32. The van der Waals surface area contributed by atoms with Gasteiger partial charge in [0, 0.05) is 24.8 Å². The number of carbonyl (C=O) groups is 2. The number of nitrogens with zero attached hydrogens (tertiary/aromatic N) is 1. The highest BCUT2D eigenvalue weighted by Gasteiger charge is 2.09. The number of benzene rings is 1. The van der Waals surface area contributed by atoms with Gasteiger partial charge in [-0.15, -0.1) is 0 Å². The van der Waals surface area contributed by atoms with Crippen molar-refractivity contribution in [1.29, 1.82) is 0 Å². The molecule has 4 heteroatoms. The van der Waals surface area contributed by atoms with Gasteiger partial charge in [-0.05, 0) is 25.5 Å². The van der Waals surface area contributed by atoms with Gasteiger partial charge in [0.2, 0.25) is 0 Å². The van der Waals surface area contributed by atoms with E-state index in [4.69, 9.17) is 0 Å². The summed E-state index contributed by atoms with van der Waals surface area (Å²) in [5, 5.41) is 2.80. The van der Waals surface area contributed by atoms with E-state index in [2.05, 4.69) is 12.2 Å². The molecular weight excluding hydrogens is 240 g/mol. The number of ketones is 1. The summed E-state index contributed by atoms with van der Waals surface area (Å²) in [4.78, 5) is 24.8. The summed E-state index contributed by atoms with van der Waals surface area (Å²) in [5.41, 5.74) is 1.26. The van der Waals surface area contributed by atoms with E-state index < -0.39 is 0 Å². The second-order valence-corrected chi connectivity index (χ2v) is 4.70. The molecule has 4 nitrogen and oxygen atoms in total. The molecule has 0 aliphatic heterocycles. The molecule has 1 aromatic carbocycles. The van der Waals surface area contributed by atoms with Crippen molar-refractivity contribution >= 4 is 17.5 Å². The second kappa shape index (κ2) is 7.56. The van der Waals surface area contributed by atoms with E-state index in [1.165, 1.54) is 6.92 Å². The van der Waals surface area contributed by atoms with E-state index in [0.717, 1.165) is 25.8 Å². The van der Waals surface area contributed by atoms with E-state index in [1.807, 2.05) is 0 Å². The van der Waals surface area contributed by atoms with Crippen LogP contribution in [-0.2, 0) is 0 Å². The van der Waals surface area contributed by atoms with E-state index in [9.17, 15) is 9.59 Å².